The summed E-state index contributed by atoms with van der Waals surface area (Å²) in [6.45, 7) is 6.54. The molecule has 1 aromatic heterocycles. The van der Waals surface area contributed by atoms with E-state index in [1.165, 1.54) is 11.3 Å². The first-order valence-corrected chi connectivity index (χ1v) is 5.37. The number of hydrogen-bond donors (Lipinski definition) is 0. The minimum Gasteiger partial charge on any atom is -0.369 e. The monoisotopic (exact) mass is 220 g/mol. The zero-order valence-corrected chi connectivity index (χ0v) is 9.58. The van der Waals surface area contributed by atoms with Gasteiger partial charge in [0.05, 0.1) is 11.5 Å². The molecule has 0 aliphatic heterocycles. The molecule has 3 nitrogen and oxygen atoms in total. The van der Waals surface area contributed by atoms with Gasteiger partial charge in [0.2, 0.25) is 0 Å². The van der Waals surface area contributed by atoms with Crippen molar-refractivity contribution < 1.29 is 4.74 Å². The summed E-state index contributed by atoms with van der Waals surface area (Å²) in [5.74, 6) is 0.424. The summed E-state index contributed by atoms with van der Waals surface area (Å²) in [5, 5.41) is 9.56. The van der Waals surface area contributed by atoms with Crippen molar-refractivity contribution in [1.82, 2.24) is 10.2 Å². The van der Waals surface area contributed by atoms with Crippen molar-refractivity contribution in [2.45, 2.75) is 38.9 Å². The van der Waals surface area contributed by atoms with E-state index in [2.05, 4.69) is 10.2 Å². The van der Waals surface area contributed by atoms with Crippen LogP contribution in [0.25, 0.3) is 0 Å². The first-order chi connectivity index (χ1) is 6.01. The lowest BCUT2D eigenvalue weighted by Crippen LogP contribution is -2.18. The maximum absolute atomic E-state index is 5.60. The van der Waals surface area contributed by atoms with E-state index in [0.717, 1.165) is 10.0 Å². The van der Waals surface area contributed by atoms with E-state index >= 15 is 0 Å². The van der Waals surface area contributed by atoms with E-state index < -0.39 is 0 Å². The third-order valence-electron chi connectivity index (χ3n) is 1.25. The molecule has 74 valence electrons. The van der Waals surface area contributed by atoms with E-state index in [1.807, 2.05) is 20.8 Å². The fourth-order valence-corrected chi connectivity index (χ4v) is 1.50. The predicted octanol–water partition coefficient (Wildman–Crippen LogP) is 2.59. The van der Waals surface area contributed by atoms with Crippen molar-refractivity contribution in [3.63, 3.8) is 0 Å². The molecule has 1 rings (SSSR count). The van der Waals surface area contributed by atoms with Gasteiger partial charge in [-0.05, 0) is 20.8 Å². The minimum absolute atomic E-state index is 0.132. The van der Waals surface area contributed by atoms with Gasteiger partial charge in [-0.1, -0.05) is 11.3 Å². The number of halogens is 1. The van der Waals surface area contributed by atoms with Gasteiger partial charge >= 0.3 is 0 Å². The van der Waals surface area contributed by atoms with Crippen LogP contribution in [0, 0.1) is 0 Å². The van der Waals surface area contributed by atoms with E-state index in [0.29, 0.717) is 12.5 Å². The highest BCUT2D eigenvalue weighted by molar-refractivity contribution is 7.11. The van der Waals surface area contributed by atoms with Crippen molar-refractivity contribution in [3.8, 4) is 0 Å². The normalized spacial score (nSPS) is 12.0. The second kappa shape index (κ2) is 4.35. The van der Waals surface area contributed by atoms with E-state index in [4.69, 9.17) is 16.3 Å². The minimum atomic E-state index is -0.132. The lowest BCUT2D eigenvalue weighted by molar-refractivity contribution is -0.0152. The molecule has 0 saturated carbocycles. The Morgan fingerprint density at radius 3 is 2.38 bits per heavy atom. The van der Waals surface area contributed by atoms with E-state index in [9.17, 15) is 0 Å². The van der Waals surface area contributed by atoms with Crippen LogP contribution in [-0.2, 0) is 17.2 Å². The largest absolute Gasteiger partial charge is 0.369 e. The molecule has 13 heavy (non-hydrogen) atoms. The number of alkyl halides is 1. The third-order valence-corrected chi connectivity index (χ3v) is 2.56. The Balaban J connectivity index is 2.46. The zero-order chi connectivity index (χ0) is 9.90. The highest BCUT2D eigenvalue weighted by Gasteiger charge is 2.12. The van der Waals surface area contributed by atoms with Gasteiger partial charge in [0.1, 0.15) is 16.6 Å². The van der Waals surface area contributed by atoms with Crippen LogP contribution in [0.3, 0.4) is 0 Å². The van der Waals surface area contributed by atoms with Gasteiger partial charge in [0.25, 0.3) is 0 Å². The molecular weight excluding hydrogens is 208 g/mol. The lowest BCUT2D eigenvalue weighted by atomic mass is 10.2. The molecule has 0 aliphatic rings. The molecular formula is C8H13ClN2OS. The first kappa shape index (κ1) is 10.9. The number of nitrogens with zero attached hydrogens (tertiary/aromatic N) is 2. The molecule has 1 heterocycles. The van der Waals surface area contributed by atoms with Crippen LogP contribution in [0.5, 0.6) is 0 Å². The number of hydrogen-bond acceptors (Lipinski definition) is 4. The smallest absolute Gasteiger partial charge is 0.143 e. The Bertz CT molecular complexity index is 269. The molecule has 0 aliphatic carbocycles. The molecule has 5 heteroatoms. The van der Waals surface area contributed by atoms with Gasteiger partial charge in [0, 0.05) is 0 Å². The Morgan fingerprint density at radius 2 is 1.92 bits per heavy atom. The summed E-state index contributed by atoms with van der Waals surface area (Å²) in [6.07, 6.45) is 0. The van der Waals surface area contributed by atoms with Crippen LogP contribution in [-0.4, -0.2) is 15.8 Å². The summed E-state index contributed by atoms with van der Waals surface area (Å²) in [4.78, 5) is 0. The van der Waals surface area contributed by atoms with Crippen molar-refractivity contribution in [3.05, 3.63) is 10.0 Å². The summed E-state index contributed by atoms with van der Waals surface area (Å²) in [6, 6.07) is 0. The second-order valence-corrected chi connectivity index (χ2v) is 5.04. The molecule has 0 unspecified atom stereocenters. The zero-order valence-electron chi connectivity index (χ0n) is 8.00. The van der Waals surface area contributed by atoms with Crippen LogP contribution in [0.15, 0.2) is 0 Å². The molecule has 1 aromatic rings. The maximum atomic E-state index is 5.60. The molecule has 0 amide bonds. The Labute approximate surface area is 87.1 Å². The number of ether oxygens (including phenoxy) is 1. The quantitative estimate of drug-likeness (QED) is 0.735. The van der Waals surface area contributed by atoms with Crippen molar-refractivity contribution in [1.29, 1.82) is 0 Å². The van der Waals surface area contributed by atoms with Gasteiger partial charge in [-0.3, -0.25) is 0 Å². The molecule has 0 radical (unpaired) electrons. The molecule has 0 N–H and O–H groups in total. The van der Waals surface area contributed by atoms with E-state index in [-0.39, 0.29) is 5.60 Å². The molecule has 0 atom stereocenters. The third kappa shape index (κ3) is 4.02. The van der Waals surface area contributed by atoms with Gasteiger partial charge in [-0.15, -0.1) is 21.8 Å². The SMILES string of the molecule is CC(C)(C)OCc1nnc(CCl)s1. The Kier molecular flexibility index (Phi) is 3.64. The fourth-order valence-electron chi connectivity index (χ4n) is 0.679. The molecule has 0 saturated heterocycles. The van der Waals surface area contributed by atoms with Gasteiger partial charge in [-0.25, -0.2) is 0 Å². The van der Waals surface area contributed by atoms with Gasteiger partial charge in [-0.2, -0.15) is 0 Å². The summed E-state index contributed by atoms with van der Waals surface area (Å²) in [7, 11) is 0. The van der Waals surface area contributed by atoms with Crippen molar-refractivity contribution in [2.24, 2.45) is 0 Å². The van der Waals surface area contributed by atoms with E-state index in [1.54, 1.807) is 0 Å². The molecule has 0 bridgehead atoms. The average molecular weight is 221 g/mol. The standard InChI is InChI=1S/C8H13ClN2OS/c1-8(2,3)12-5-7-11-10-6(4-9)13-7/h4-5H2,1-3H3. The summed E-state index contributed by atoms with van der Waals surface area (Å²) >= 11 is 7.09. The first-order valence-electron chi connectivity index (χ1n) is 4.02. The predicted molar refractivity (Wildman–Crippen MR) is 54.0 cm³/mol. The fraction of sp³-hybridized carbons (Fsp3) is 0.750. The Morgan fingerprint density at radius 1 is 1.31 bits per heavy atom. The van der Waals surface area contributed by atoms with Crippen LogP contribution >= 0.6 is 22.9 Å². The summed E-state index contributed by atoms with van der Waals surface area (Å²) < 4.78 is 5.54. The highest BCUT2D eigenvalue weighted by Crippen LogP contribution is 2.16. The van der Waals surface area contributed by atoms with Crippen LogP contribution in [0.2, 0.25) is 0 Å². The van der Waals surface area contributed by atoms with Crippen LogP contribution < -0.4 is 0 Å². The topological polar surface area (TPSA) is 35.0 Å². The highest BCUT2D eigenvalue weighted by atomic mass is 35.5. The number of rotatable bonds is 3. The molecule has 0 aromatic carbocycles. The van der Waals surface area contributed by atoms with Gasteiger partial charge in [0.15, 0.2) is 0 Å². The van der Waals surface area contributed by atoms with Gasteiger partial charge < -0.3 is 4.74 Å². The second-order valence-electron chi connectivity index (χ2n) is 3.62. The number of aromatic nitrogens is 2. The average Bonchev–Trinajstić information content (AvgIpc) is 2.47. The summed E-state index contributed by atoms with van der Waals surface area (Å²) in [5.41, 5.74) is -0.132. The van der Waals surface area contributed by atoms with Crippen molar-refractivity contribution in [2.75, 3.05) is 0 Å². The van der Waals surface area contributed by atoms with Crippen molar-refractivity contribution >= 4 is 22.9 Å². The maximum Gasteiger partial charge on any atom is 0.143 e. The van der Waals surface area contributed by atoms with Crippen LogP contribution in [0.4, 0.5) is 0 Å². The molecule has 0 fully saturated rings. The van der Waals surface area contributed by atoms with Crippen LogP contribution in [0.1, 0.15) is 30.8 Å². The lowest BCUT2D eigenvalue weighted by Gasteiger charge is -2.17. The Hall–Kier alpha value is -0.190. The molecule has 0 spiro atoms.